The van der Waals surface area contributed by atoms with E-state index < -0.39 is 4.92 Å². The molecule has 0 aliphatic carbocycles. The number of aromatic nitrogens is 2. The number of benzene rings is 1. The quantitative estimate of drug-likeness (QED) is 0.505. The standard InChI is InChI=1S/C20H19N5O3S/c26-20(21-15-3-1-4-16(13-15)25(27)28)14-8-10-24(11-9-14)19-7-6-17(22-23-19)18-5-2-12-29-18/h1-7,12-14H,8-11H2,(H,21,26). The molecule has 148 valence electrons. The van der Waals surface area contributed by atoms with Gasteiger partial charge in [-0.05, 0) is 42.5 Å². The molecule has 9 heteroatoms. The highest BCUT2D eigenvalue weighted by Gasteiger charge is 2.26. The summed E-state index contributed by atoms with van der Waals surface area (Å²) in [6.07, 6.45) is 1.38. The first-order chi connectivity index (χ1) is 14.1. The Balaban J connectivity index is 1.33. The van der Waals surface area contributed by atoms with Crippen LogP contribution in [0.2, 0.25) is 0 Å². The zero-order chi connectivity index (χ0) is 20.2. The molecule has 3 aromatic rings. The molecule has 2 aromatic heterocycles. The molecule has 0 bridgehead atoms. The first kappa shape index (κ1) is 19.0. The maximum atomic E-state index is 12.5. The Bertz CT molecular complexity index is 999. The van der Waals surface area contributed by atoms with Crippen molar-refractivity contribution in [2.45, 2.75) is 12.8 Å². The van der Waals surface area contributed by atoms with Gasteiger partial charge in [-0.15, -0.1) is 21.5 Å². The molecule has 1 N–H and O–H groups in total. The summed E-state index contributed by atoms with van der Waals surface area (Å²) in [5.41, 5.74) is 1.26. The summed E-state index contributed by atoms with van der Waals surface area (Å²) < 4.78 is 0. The fourth-order valence-electron chi connectivity index (χ4n) is 3.36. The second kappa shape index (κ2) is 8.36. The number of nitro benzene ring substituents is 1. The van der Waals surface area contributed by atoms with Crippen LogP contribution in [0.25, 0.3) is 10.6 Å². The number of hydrogen-bond donors (Lipinski definition) is 1. The van der Waals surface area contributed by atoms with E-state index in [1.165, 1.54) is 12.1 Å². The summed E-state index contributed by atoms with van der Waals surface area (Å²) in [6, 6.07) is 13.9. The van der Waals surface area contributed by atoms with Crippen LogP contribution in [0.4, 0.5) is 17.2 Å². The Morgan fingerprint density at radius 1 is 1.14 bits per heavy atom. The SMILES string of the molecule is O=C(Nc1cccc([N+](=O)[O-])c1)C1CCN(c2ccc(-c3cccs3)nn2)CC1. The van der Waals surface area contributed by atoms with Crippen molar-refractivity contribution in [3.8, 4) is 10.6 Å². The number of nitro groups is 1. The fraction of sp³-hybridized carbons (Fsp3) is 0.250. The minimum absolute atomic E-state index is 0.0396. The smallest absolute Gasteiger partial charge is 0.271 e. The van der Waals surface area contributed by atoms with Crippen LogP contribution in [-0.2, 0) is 4.79 Å². The Morgan fingerprint density at radius 3 is 2.62 bits per heavy atom. The van der Waals surface area contributed by atoms with E-state index in [2.05, 4.69) is 20.4 Å². The highest BCUT2D eigenvalue weighted by molar-refractivity contribution is 7.13. The molecule has 1 saturated heterocycles. The van der Waals surface area contributed by atoms with E-state index in [-0.39, 0.29) is 17.5 Å². The van der Waals surface area contributed by atoms with E-state index in [1.54, 1.807) is 23.5 Å². The number of thiophene rings is 1. The van der Waals surface area contributed by atoms with E-state index in [1.807, 2.05) is 29.6 Å². The van der Waals surface area contributed by atoms with Crippen molar-refractivity contribution in [1.29, 1.82) is 0 Å². The van der Waals surface area contributed by atoms with Gasteiger partial charge in [-0.2, -0.15) is 0 Å². The van der Waals surface area contributed by atoms with E-state index >= 15 is 0 Å². The molecule has 4 rings (SSSR count). The van der Waals surface area contributed by atoms with E-state index in [0.717, 1.165) is 16.4 Å². The van der Waals surface area contributed by atoms with Crippen LogP contribution >= 0.6 is 11.3 Å². The number of piperidine rings is 1. The van der Waals surface area contributed by atoms with Gasteiger partial charge in [0.05, 0.1) is 9.80 Å². The first-order valence-corrected chi connectivity index (χ1v) is 10.2. The zero-order valence-electron chi connectivity index (χ0n) is 15.5. The summed E-state index contributed by atoms with van der Waals surface area (Å²) in [4.78, 5) is 26.2. The Kier molecular flexibility index (Phi) is 5.48. The average molecular weight is 409 g/mol. The second-order valence-corrected chi connectivity index (χ2v) is 7.76. The van der Waals surface area contributed by atoms with Gasteiger partial charge in [-0.3, -0.25) is 14.9 Å². The maximum absolute atomic E-state index is 12.5. The van der Waals surface area contributed by atoms with Crippen molar-refractivity contribution >= 4 is 34.4 Å². The Hall–Kier alpha value is -3.33. The third kappa shape index (κ3) is 4.40. The van der Waals surface area contributed by atoms with Gasteiger partial charge in [-0.25, -0.2) is 0 Å². The molecule has 0 saturated carbocycles. The predicted octanol–water partition coefficient (Wildman–Crippen LogP) is 3.97. The van der Waals surface area contributed by atoms with Crippen molar-refractivity contribution < 1.29 is 9.72 Å². The summed E-state index contributed by atoms with van der Waals surface area (Å²) in [6.45, 7) is 1.42. The number of carbonyl (C=O) groups is 1. The highest BCUT2D eigenvalue weighted by atomic mass is 32.1. The van der Waals surface area contributed by atoms with Crippen LogP contribution in [0.5, 0.6) is 0 Å². The van der Waals surface area contributed by atoms with Gasteiger partial charge in [-0.1, -0.05) is 12.1 Å². The largest absolute Gasteiger partial charge is 0.355 e. The van der Waals surface area contributed by atoms with Crippen LogP contribution in [0.1, 0.15) is 12.8 Å². The number of nitrogens with zero attached hydrogens (tertiary/aromatic N) is 4. The van der Waals surface area contributed by atoms with E-state index in [4.69, 9.17) is 0 Å². The molecule has 0 spiro atoms. The van der Waals surface area contributed by atoms with Crippen molar-refractivity contribution in [1.82, 2.24) is 10.2 Å². The molecule has 1 aliphatic rings. The number of hydrogen-bond acceptors (Lipinski definition) is 7. The molecule has 0 unspecified atom stereocenters. The number of nitrogens with one attached hydrogen (secondary N) is 1. The molecule has 1 aromatic carbocycles. The number of rotatable bonds is 5. The summed E-state index contributed by atoms with van der Waals surface area (Å²) >= 11 is 1.63. The number of non-ortho nitro benzene ring substituents is 1. The maximum Gasteiger partial charge on any atom is 0.271 e. The summed E-state index contributed by atoms with van der Waals surface area (Å²) in [7, 11) is 0. The summed E-state index contributed by atoms with van der Waals surface area (Å²) in [5, 5.41) is 24.3. The molecule has 29 heavy (non-hydrogen) atoms. The lowest BCUT2D eigenvalue weighted by Crippen LogP contribution is -2.38. The van der Waals surface area contributed by atoms with Crippen LogP contribution < -0.4 is 10.2 Å². The Labute approximate surface area is 171 Å². The van der Waals surface area contributed by atoms with E-state index in [0.29, 0.717) is 31.6 Å². The average Bonchev–Trinajstić information content (AvgIpc) is 3.29. The lowest BCUT2D eigenvalue weighted by atomic mass is 9.96. The van der Waals surface area contributed by atoms with Gasteiger partial charge in [0.1, 0.15) is 5.69 Å². The van der Waals surface area contributed by atoms with Crippen LogP contribution in [0, 0.1) is 16.0 Å². The number of anilines is 2. The minimum atomic E-state index is -0.473. The van der Waals surface area contributed by atoms with Gasteiger partial charge in [0, 0.05) is 36.8 Å². The Morgan fingerprint density at radius 2 is 1.97 bits per heavy atom. The molecule has 1 aliphatic heterocycles. The number of amides is 1. The zero-order valence-corrected chi connectivity index (χ0v) is 16.3. The molecule has 3 heterocycles. The number of carbonyl (C=O) groups excluding carboxylic acids is 1. The third-order valence-corrected chi connectivity index (χ3v) is 5.83. The van der Waals surface area contributed by atoms with Crippen molar-refractivity contribution in [3.05, 3.63) is 64.0 Å². The van der Waals surface area contributed by atoms with Crippen molar-refractivity contribution in [2.24, 2.45) is 5.92 Å². The molecule has 0 atom stereocenters. The first-order valence-electron chi connectivity index (χ1n) is 9.28. The highest BCUT2D eigenvalue weighted by Crippen LogP contribution is 2.26. The van der Waals surface area contributed by atoms with Crippen LogP contribution in [0.15, 0.2) is 53.9 Å². The minimum Gasteiger partial charge on any atom is -0.355 e. The molecule has 1 amide bonds. The van der Waals surface area contributed by atoms with Gasteiger partial charge in [0.25, 0.3) is 5.69 Å². The fourth-order valence-corrected chi connectivity index (χ4v) is 4.05. The monoisotopic (exact) mass is 409 g/mol. The van der Waals surface area contributed by atoms with E-state index in [9.17, 15) is 14.9 Å². The van der Waals surface area contributed by atoms with Crippen LogP contribution in [0.3, 0.4) is 0 Å². The molecular formula is C20H19N5O3S. The second-order valence-electron chi connectivity index (χ2n) is 6.81. The van der Waals surface area contributed by atoms with Gasteiger partial charge in [0.2, 0.25) is 5.91 Å². The van der Waals surface area contributed by atoms with Crippen molar-refractivity contribution in [3.63, 3.8) is 0 Å². The lowest BCUT2D eigenvalue weighted by molar-refractivity contribution is -0.384. The molecule has 1 fully saturated rings. The topological polar surface area (TPSA) is 101 Å². The molecular weight excluding hydrogens is 390 g/mol. The van der Waals surface area contributed by atoms with Crippen LogP contribution in [-0.4, -0.2) is 34.1 Å². The normalized spacial score (nSPS) is 14.6. The molecule has 8 nitrogen and oxygen atoms in total. The lowest BCUT2D eigenvalue weighted by Gasteiger charge is -2.31. The van der Waals surface area contributed by atoms with Gasteiger partial charge < -0.3 is 10.2 Å². The third-order valence-electron chi connectivity index (χ3n) is 4.94. The van der Waals surface area contributed by atoms with Gasteiger partial charge in [0.15, 0.2) is 5.82 Å². The molecule has 0 radical (unpaired) electrons. The van der Waals surface area contributed by atoms with Gasteiger partial charge >= 0.3 is 0 Å². The summed E-state index contributed by atoms with van der Waals surface area (Å²) in [5.74, 6) is 0.566. The van der Waals surface area contributed by atoms with Crippen molar-refractivity contribution in [2.75, 3.05) is 23.3 Å². The predicted molar refractivity (Wildman–Crippen MR) is 112 cm³/mol.